The molecule has 1 aliphatic rings. The van der Waals surface area contributed by atoms with E-state index < -0.39 is 0 Å². The van der Waals surface area contributed by atoms with E-state index in [9.17, 15) is 0 Å². The van der Waals surface area contributed by atoms with Crippen molar-refractivity contribution in [3.63, 3.8) is 0 Å². The van der Waals surface area contributed by atoms with Gasteiger partial charge in [0.2, 0.25) is 12.4 Å². The van der Waals surface area contributed by atoms with E-state index in [4.69, 9.17) is 0 Å². The summed E-state index contributed by atoms with van der Waals surface area (Å²) >= 11 is 0. The van der Waals surface area contributed by atoms with Crippen molar-refractivity contribution in [2.24, 2.45) is 7.05 Å². The van der Waals surface area contributed by atoms with Crippen molar-refractivity contribution in [3.8, 4) is 0 Å². The van der Waals surface area contributed by atoms with Crippen molar-refractivity contribution >= 4 is 12.4 Å². The van der Waals surface area contributed by atoms with E-state index in [0.717, 1.165) is 6.67 Å². The molecule has 0 atom stereocenters. The Morgan fingerprint density at radius 3 is 1.50 bits per heavy atom. The van der Waals surface area contributed by atoms with Crippen LogP contribution in [0.15, 0.2) is 30.6 Å². The molecule has 0 saturated carbocycles. The summed E-state index contributed by atoms with van der Waals surface area (Å²) in [5.74, 6) is 0. The van der Waals surface area contributed by atoms with Crippen molar-refractivity contribution in [2.75, 3.05) is 20.8 Å². The molecule has 0 bridgehead atoms. The predicted octanol–water partition coefficient (Wildman–Crippen LogP) is -0.105. The molecule has 0 aromatic carbocycles. The van der Waals surface area contributed by atoms with E-state index >= 15 is 0 Å². The van der Waals surface area contributed by atoms with Crippen molar-refractivity contribution < 1.29 is 13.7 Å². The number of hydrogen-bond acceptors (Lipinski definition) is 0. The van der Waals surface area contributed by atoms with Gasteiger partial charge in [0.25, 0.3) is 0 Å². The molecule has 3 heteroatoms. The van der Waals surface area contributed by atoms with Crippen LogP contribution in [0.5, 0.6) is 0 Å². The van der Waals surface area contributed by atoms with Crippen molar-refractivity contribution in [1.29, 1.82) is 0 Å². The molecular formula is C11H18N3+3. The van der Waals surface area contributed by atoms with E-state index in [1.807, 2.05) is 42.2 Å². The smallest absolute Gasteiger partial charge is 0.208 e. The lowest BCUT2D eigenvalue weighted by molar-refractivity contribution is -0.686. The monoisotopic (exact) mass is 192 g/mol. The molecule has 14 heavy (non-hydrogen) atoms. The normalized spacial score (nSPS) is 13.9. The van der Waals surface area contributed by atoms with Crippen LogP contribution in [0.3, 0.4) is 0 Å². The van der Waals surface area contributed by atoms with Gasteiger partial charge in [-0.05, 0) is 0 Å². The molecule has 0 amide bonds. The summed E-state index contributed by atoms with van der Waals surface area (Å²) in [6.45, 7) is 1.03. The maximum Gasteiger partial charge on any atom is 0.333 e. The molecule has 0 aliphatic carbocycles. The van der Waals surface area contributed by atoms with Crippen LogP contribution in [0.1, 0.15) is 0 Å². The molecule has 74 valence electrons. The Morgan fingerprint density at radius 1 is 0.786 bits per heavy atom. The minimum atomic E-state index is 1.03. The van der Waals surface area contributed by atoms with Crippen molar-refractivity contribution in [1.82, 2.24) is 0 Å². The van der Waals surface area contributed by atoms with Gasteiger partial charge >= 0.3 is 6.67 Å². The first kappa shape index (κ1) is 10.6. The predicted molar refractivity (Wildman–Crippen MR) is 57.0 cm³/mol. The fraction of sp³-hybridized carbons (Fsp3) is 0.364. The van der Waals surface area contributed by atoms with Gasteiger partial charge in [0.05, 0.1) is 0 Å². The molecule has 1 aliphatic heterocycles. The first-order chi connectivity index (χ1) is 6.68. The Bertz CT molecular complexity index is 323. The first-order valence-electron chi connectivity index (χ1n) is 4.67. The third-order valence-electron chi connectivity index (χ3n) is 1.89. The maximum absolute atomic E-state index is 2.12. The van der Waals surface area contributed by atoms with E-state index in [0.29, 0.717) is 0 Å². The summed E-state index contributed by atoms with van der Waals surface area (Å²) in [6, 6.07) is 6.00. The van der Waals surface area contributed by atoms with Crippen LogP contribution in [0, 0.1) is 0 Å². The molecule has 2 heterocycles. The van der Waals surface area contributed by atoms with Gasteiger partial charge in [0.1, 0.15) is 21.1 Å². The molecule has 0 fully saturated rings. The second-order valence-corrected chi connectivity index (χ2v) is 3.49. The third-order valence-corrected chi connectivity index (χ3v) is 1.89. The number of nitrogens with zero attached hydrogens (tertiary/aromatic N) is 3. The summed E-state index contributed by atoms with van der Waals surface area (Å²) in [6.07, 6.45) is 8.11. The van der Waals surface area contributed by atoms with E-state index in [2.05, 4.69) is 35.7 Å². The van der Waals surface area contributed by atoms with Gasteiger partial charge in [0, 0.05) is 12.1 Å². The summed E-state index contributed by atoms with van der Waals surface area (Å²) in [7, 11) is 6.11. The number of rotatable bonds is 0. The minimum absolute atomic E-state index is 1.03. The Morgan fingerprint density at radius 2 is 1.29 bits per heavy atom. The molecule has 1 aromatic heterocycles. The lowest BCUT2D eigenvalue weighted by Gasteiger charge is -1.80. The Kier molecular flexibility index (Phi) is 3.98. The molecule has 0 radical (unpaired) electrons. The second kappa shape index (κ2) is 5.27. The van der Waals surface area contributed by atoms with Crippen LogP contribution < -0.4 is 4.57 Å². The highest BCUT2D eigenvalue weighted by Gasteiger charge is 2.08. The van der Waals surface area contributed by atoms with Gasteiger partial charge in [-0.15, -0.1) is 0 Å². The highest BCUT2D eigenvalue weighted by atomic mass is 15.2. The van der Waals surface area contributed by atoms with Gasteiger partial charge < -0.3 is 0 Å². The maximum atomic E-state index is 2.12. The Hall–Kier alpha value is -1.51. The zero-order valence-electron chi connectivity index (χ0n) is 9.09. The standard InChI is InChI=1S/C6H8N.C5H10N2/c1-7-5-3-2-4-6-7;1-6-3-4-7(2)5-6/h2-6H,1H3;3-4H,5H2,1-2H3/q+1;+2. The molecule has 0 spiro atoms. The Labute approximate surface area is 85.3 Å². The SMILES string of the molecule is C[N+]1=CC=[N+](C)C1.C[n+]1ccccc1. The fourth-order valence-electron chi connectivity index (χ4n) is 1.16. The quantitative estimate of drug-likeness (QED) is 0.508. The zero-order chi connectivity index (χ0) is 10.4. The van der Waals surface area contributed by atoms with Gasteiger partial charge in [-0.1, -0.05) is 6.07 Å². The highest BCUT2D eigenvalue weighted by Crippen LogP contribution is 1.73. The summed E-state index contributed by atoms with van der Waals surface area (Å²) < 4.78 is 6.25. The van der Waals surface area contributed by atoms with E-state index in [1.54, 1.807) is 0 Å². The van der Waals surface area contributed by atoms with E-state index in [-0.39, 0.29) is 0 Å². The van der Waals surface area contributed by atoms with Gasteiger partial charge in [-0.2, -0.15) is 9.15 Å². The van der Waals surface area contributed by atoms with Crippen LogP contribution >= 0.6 is 0 Å². The third kappa shape index (κ3) is 3.94. The summed E-state index contributed by atoms with van der Waals surface area (Å²) in [5, 5.41) is 0. The molecule has 2 rings (SSSR count). The van der Waals surface area contributed by atoms with Crippen LogP contribution in [-0.4, -0.2) is 42.3 Å². The Balaban J connectivity index is 0.000000140. The van der Waals surface area contributed by atoms with Crippen LogP contribution in [0.4, 0.5) is 0 Å². The molecule has 1 aromatic rings. The number of aromatic nitrogens is 1. The highest BCUT2D eigenvalue weighted by molar-refractivity contribution is 6.11. The van der Waals surface area contributed by atoms with E-state index in [1.165, 1.54) is 0 Å². The number of aryl methyl sites for hydroxylation is 1. The largest absolute Gasteiger partial charge is 0.333 e. The number of pyridine rings is 1. The molecule has 0 N–H and O–H groups in total. The summed E-state index contributed by atoms with van der Waals surface area (Å²) in [4.78, 5) is 0. The first-order valence-corrected chi connectivity index (χ1v) is 4.67. The molecule has 3 nitrogen and oxygen atoms in total. The molecule has 0 saturated heterocycles. The van der Waals surface area contributed by atoms with Crippen molar-refractivity contribution in [3.05, 3.63) is 30.6 Å². The van der Waals surface area contributed by atoms with Gasteiger partial charge in [0.15, 0.2) is 12.4 Å². The molecular weight excluding hydrogens is 174 g/mol. The number of hydrogen-bond donors (Lipinski definition) is 0. The van der Waals surface area contributed by atoms with Gasteiger partial charge in [-0.3, -0.25) is 0 Å². The van der Waals surface area contributed by atoms with Crippen LogP contribution in [0.2, 0.25) is 0 Å². The van der Waals surface area contributed by atoms with Crippen LogP contribution in [-0.2, 0) is 7.05 Å². The topological polar surface area (TPSA) is 9.90 Å². The van der Waals surface area contributed by atoms with Gasteiger partial charge in [-0.25, -0.2) is 4.57 Å². The van der Waals surface area contributed by atoms with Crippen molar-refractivity contribution in [2.45, 2.75) is 0 Å². The lowest BCUT2D eigenvalue weighted by atomic mass is 10.5. The average Bonchev–Trinajstić information content (AvgIpc) is 2.52. The second-order valence-electron chi connectivity index (χ2n) is 3.49. The lowest BCUT2D eigenvalue weighted by Crippen LogP contribution is -2.25. The fourth-order valence-corrected chi connectivity index (χ4v) is 1.16. The summed E-state index contributed by atoms with van der Waals surface area (Å²) in [5.41, 5.74) is 0. The minimum Gasteiger partial charge on any atom is -0.208 e. The average molecular weight is 192 g/mol. The zero-order valence-corrected chi connectivity index (χ0v) is 9.09. The molecule has 0 unspecified atom stereocenters. The van der Waals surface area contributed by atoms with Crippen LogP contribution in [0.25, 0.3) is 0 Å².